The summed E-state index contributed by atoms with van der Waals surface area (Å²) < 4.78 is 16.1. The number of hydrogen-bond donors (Lipinski definition) is 2. The minimum Gasteiger partial charge on any atom is -0.467 e. The van der Waals surface area contributed by atoms with Gasteiger partial charge >= 0.3 is 12.1 Å². The average molecular weight is 419 g/mol. The molecule has 0 unspecified atom stereocenters. The van der Waals surface area contributed by atoms with Crippen LogP contribution in [-0.4, -0.2) is 58.2 Å². The third-order valence-corrected chi connectivity index (χ3v) is 8.94. The van der Waals surface area contributed by atoms with Crippen molar-refractivity contribution in [2.24, 2.45) is 0 Å². The van der Waals surface area contributed by atoms with Crippen molar-refractivity contribution in [1.29, 1.82) is 0 Å². The average Bonchev–Trinajstić information content (AvgIpc) is 2.51. The van der Waals surface area contributed by atoms with Crippen LogP contribution in [0.15, 0.2) is 0 Å². The van der Waals surface area contributed by atoms with Gasteiger partial charge in [-0.15, -0.1) is 0 Å². The molecule has 2 N–H and O–H groups in total. The molecule has 9 heteroatoms. The van der Waals surface area contributed by atoms with E-state index in [2.05, 4.69) is 31.4 Å². The number of nitrogens with one attached hydrogen (secondary N) is 2. The fourth-order valence-electron chi connectivity index (χ4n) is 1.92. The molecule has 2 amide bonds. The fraction of sp³-hybridized carbons (Fsp3) is 0.842. The van der Waals surface area contributed by atoms with Crippen LogP contribution in [0.25, 0.3) is 0 Å². The van der Waals surface area contributed by atoms with Crippen molar-refractivity contribution in [2.75, 3.05) is 20.2 Å². The van der Waals surface area contributed by atoms with Gasteiger partial charge in [-0.2, -0.15) is 0 Å². The molecule has 0 aliphatic rings. The van der Waals surface area contributed by atoms with Gasteiger partial charge in [-0.05, 0) is 45.3 Å². The van der Waals surface area contributed by atoms with Crippen molar-refractivity contribution in [1.82, 2.24) is 10.6 Å². The topological polar surface area (TPSA) is 103 Å². The quantitative estimate of drug-likeness (QED) is 0.339. The third-order valence-electron chi connectivity index (χ3n) is 4.46. The van der Waals surface area contributed by atoms with E-state index in [4.69, 9.17) is 13.9 Å². The molecule has 0 saturated carbocycles. The lowest BCUT2D eigenvalue weighted by Gasteiger charge is -2.38. The van der Waals surface area contributed by atoms with E-state index >= 15 is 0 Å². The zero-order chi connectivity index (χ0) is 22.2. The van der Waals surface area contributed by atoms with Crippen molar-refractivity contribution >= 4 is 26.3 Å². The van der Waals surface area contributed by atoms with Crippen molar-refractivity contribution < 1.29 is 28.3 Å². The minimum absolute atomic E-state index is 0.0607. The van der Waals surface area contributed by atoms with Gasteiger partial charge in [0.25, 0.3) is 0 Å². The van der Waals surface area contributed by atoms with Crippen LogP contribution in [0, 0.1) is 0 Å². The molecule has 0 heterocycles. The molecule has 8 nitrogen and oxygen atoms in total. The lowest BCUT2D eigenvalue weighted by Crippen LogP contribution is -2.46. The summed E-state index contributed by atoms with van der Waals surface area (Å²) >= 11 is 0. The number of ether oxygens (including phenoxy) is 2. The van der Waals surface area contributed by atoms with Crippen LogP contribution in [0.1, 0.15) is 54.4 Å². The van der Waals surface area contributed by atoms with Gasteiger partial charge in [-0.1, -0.05) is 20.8 Å². The molecule has 0 bridgehead atoms. The highest BCUT2D eigenvalue weighted by atomic mass is 28.4. The number of carbonyl (C=O) groups excluding carboxylic acids is 3. The molecule has 1 atom stereocenters. The molecule has 28 heavy (non-hydrogen) atoms. The summed E-state index contributed by atoms with van der Waals surface area (Å²) in [6.45, 7) is 16.2. The van der Waals surface area contributed by atoms with E-state index in [1.165, 1.54) is 7.11 Å². The highest BCUT2D eigenvalue weighted by molar-refractivity contribution is 6.74. The Morgan fingerprint density at radius 2 is 1.50 bits per heavy atom. The van der Waals surface area contributed by atoms with Gasteiger partial charge in [0, 0.05) is 19.5 Å². The van der Waals surface area contributed by atoms with E-state index in [0.29, 0.717) is 0 Å². The standard InChI is InChI=1S/C19H38N2O6Si/c1-18(2,3)26-17(24)21-13-12-20-15(22)11-10-14(16(23)25-7)27-28(8,9)19(4,5)6/h14H,10-13H2,1-9H3,(H,20,22)(H,21,24)/t14-/m0/s1. The Morgan fingerprint density at radius 3 is 1.96 bits per heavy atom. The molecule has 0 aliphatic heterocycles. The summed E-state index contributed by atoms with van der Waals surface area (Å²) in [4.78, 5) is 35.6. The van der Waals surface area contributed by atoms with Gasteiger partial charge in [0.2, 0.25) is 5.91 Å². The molecule has 0 aromatic carbocycles. The molecule has 0 saturated heterocycles. The Balaban J connectivity index is 4.43. The molecule has 0 rings (SSSR count). The van der Waals surface area contributed by atoms with Gasteiger partial charge in [0.05, 0.1) is 7.11 Å². The van der Waals surface area contributed by atoms with E-state index < -0.39 is 32.1 Å². The van der Waals surface area contributed by atoms with E-state index in [-0.39, 0.29) is 36.9 Å². The SMILES string of the molecule is COC(=O)[C@H](CCC(=O)NCCNC(=O)OC(C)(C)C)O[Si](C)(C)C(C)(C)C. The zero-order valence-corrected chi connectivity index (χ0v) is 19.9. The second kappa shape index (κ2) is 10.8. The Labute approximate surface area is 170 Å². The van der Waals surface area contributed by atoms with Crippen LogP contribution >= 0.6 is 0 Å². The smallest absolute Gasteiger partial charge is 0.407 e. The van der Waals surface area contributed by atoms with E-state index in [1.807, 2.05) is 13.1 Å². The first-order chi connectivity index (χ1) is 12.6. The predicted molar refractivity (Wildman–Crippen MR) is 111 cm³/mol. The Hall–Kier alpha value is -1.61. The highest BCUT2D eigenvalue weighted by Gasteiger charge is 2.41. The molecular weight excluding hydrogens is 380 g/mol. The fourth-order valence-corrected chi connectivity index (χ4v) is 3.20. The molecule has 0 spiro atoms. The molecule has 0 fully saturated rings. The summed E-state index contributed by atoms with van der Waals surface area (Å²) in [6, 6.07) is 0. The van der Waals surface area contributed by atoms with E-state index in [1.54, 1.807) is 20.8 Å². The highest BCUT2D eigenvalue weighted by Crippen LogP contribution is 2.37. The number of hydrogen-bond acceptors (Lipinski definition) is 6. The molecular formula is C19H38N2O6Si. The Kier molecular flexibility index (Phi) is 10.2. The number of alkyl carbamates (subject to hydrolysis) is 1. The van der Waals surface area contributed by atoms with Gasteiger partial charge in [0.15, 0.2) is 8.32 Å². The molecule has 0 aromatic rings. The van der Waals surface area contributed by atoms with E-state index in [9.17, 15) is 14.4 Å². The van der Waals surface area contributed by atoms with Gasteiger partial charge in [-0.3, -0.25) is 4.79 Å². The summed E-state index contributed by atoms with van der Waals surface area (Å²) in [5, 5.41) is 5.21. The number of amides is 2. The number of carbonyl (C=O) groups is 3. The summed E-state index contributed by atoms with van der Waals surface area (Å²) in [5.74, 6) is -0.692. The van der Waals surface area contributed by atoms with Crippen LogP contribution in [0.2, 0.25) is 18.1 Å². The van der Waals surface area contributed by atoms with Gasteiger partial charge in [-0.25, -0.2) is 9.59 Å². The minimum atomic E-state index is -2.18. The van der Waals surface area contributed by atoms with Crippen LogP contribution in [0.4, 0.5) is 4.79 Å². The zero-order valence-electron chi connectivity index (χ0n) is 18.9. The van der Waals surface area contributed by atoms with Crippen LogP contribution in [0.5, 0.6) is 0 Å². The number of esters is 1. The second-order valence-corrected chi connectivity index (χ2v) is 14.0. The maximum atomic E-state index is 12.1. The first kappa shape index (κ1) is 26.4. The van der Waals surface area contributed by atoms with Crippen molar-refractivity contribution in [3.63, 3.8) is 0 Å². The van der Waals surface area contributed by atoms with Gasteiger partial charge in [0.1, 0.15) is 11.7 Å². The van der Waals surface area contributed by atoms with Crippen LogP contribution < -0.4 is 10.6 Å². The van der Waals surface area contributed by atoms with Crippen molar-refractivity contribution in [3.8, 4) is 0 Å². The lowest BCUT2D eigenvalue weighted by molar-refractivity contribution is -0.149. The normalized spacial score (nSPS) is 13.5. The lowest BCUT2D eigenvalue weighted by atomic mass is 10.2. The molecule has 164 valence electrons. The second-order valence-electron chi connectivity index (χ2n) is 9.21. The van der Waals surface area contributed by atoms with Crippen LogP contribution in [-0.2, 0) is 23.5 Å². The summed E-state index contributed by atoms with van der Waals surface area (Å²) in [6.07, 6.45) is -0.933. The van der Waals surface area contributed by atoms with Crippen molar-refractivity contribution in [3.05, 3.63) is 0 Å². The first-order valence-electron chi connectivity index (χ1n) is 9.58. The number of methoxy groups -OCH3 is 1. The van der Waals surface area contributed by atoms with E-state index in [0.717, 1.165) is 0 Å². The molecule has 0 aromatic heterocycles. The van der Waals surface area contributed by atoms with Crippen LogP contribution in [0.3, 0.4) is 0 Å². The monoisotopic (exact) mass is 418 g/mol. The maximum Gasteiger partial charge on any atom is 0.407 e. The Morgan fingerprint density at radius 1 is 0.964 bits per heavy atom. The summed E-state index contributed by atoms with van der Waals surface area (Å²) in [7, 11) is -0.864. The molecule has 0 aliphatic carbocycles. The Bertz CT molecular complexity index is 538. The summed E-state index contributed by atoms with van der Waals surface area (Å²) in [5.41, 5.74) is -0.569. The number of rotatable bonds is 9. The molecule has 0 radical (unpaired) electrons. The largest absolute Gasteiger partial charge is 0.467 e. The first-order valence-corrected chi connectivity index (χ1v) is 12.5. The van der Waals surface area contributed by atoms with Crippen molar-refractivity contribution in [2.45, 2.75) is 84.2 Å². The third kappa shape index (κ3) is 10.7. The van der Waals surface area contributed by atoms with Gasteiger partial charge < -0.3 is 24.5 Å². The predicted octanol–water partition coefficient (Wildman–Crippen LogP) is 2.97. The maximum absolute atomic E-state index is 12.1.